The van der Waals surface area contributed by atoms with E-state index in [0.29, 0.717) is 28.1 Å². The number of hydrogen-bond acceptors (Lipinski definition) is 3. The van der Waals surface area contributed by atoms with Gasteiger partial charge in [-0.1, -0.05) is 203 Å². The van der Waals surface area contributed by atoms with Crippen LogP contribution in [0.1, 0.15) is 115 Å². The van der Waals surface area contributed by atoms with Crippen LogP contribution in [0.3, 0.4) is 0 Å². The number of aromatic hydroxyl groups is 1. The Labute approximate surface area is 435 Å². The van der Waals surface area contributed by atoms with Gasteiger partial charge in [-0.15, -0.1) is 29.3 Å². The Hall–Kier alpha value is -6.35. The van der Waals surface area contributed by atoms with Gasteiger partial charge in [-0.05, 0) is 109 Å². The molecule has 0 bridgehead atoms. The topological polar surface area (TPSA) is 50.9 Å². The Morgan fingerprint density at radius 3 is 1.77 bits per heavy atom. The van der Waals surface area contributed by atoms with E-state index >= 15 is 0 Å². The minimum Gasteiger partial charge on any atom is -0.507 e. The number of phenols is 1. The molecule has 70 heavy (non-hydrogen) atoms. The Kier molecular flexibility index (Phi) is 12.3. The summed E-state index contributed by atoms with van der Waals surface area (Å²) in [6.07, 6.45) is 1.85. The first-order valence-corrected chi connectivity index (χ1v) is 24.1. The minimum atomic E-state index is -2.56. The zero-order valence-electron chi connectivity index (χ0n) is 45.6. The van der Waals surface area contributed by atoms with Crippen molar-refractivity contribution in [2.24, 2.45) is 0 Å². The van der Waals surface area contributed by atoms with E-state index in [-0.39, 0.29) is 48.6 Å². The van der Waals surface area contributed by atoms with Gasteiger partial charge in [-0.2, -0.15) is 0 Å². The van der Waals surface area contributed by atoms with Crippen molar-refractivity contribution in [1.82, 2.24) is 14.5 Å². The molecule has 1 N–H and O–H groups in total. The Morgan fingerprint density at radius 1 is 0.514 bits per heavy atom. The summed E-state index contributed by atoms with van der Waals surface area (Å²) in [4.78, 5) is 10.5. The molecule has 0 saturated heterocycles. The van der Waals surface area contributed by atoms with E-state index in [2.05, 4.69) is 168 Å². The van der Waals surface area contributed by atoms with Crippen molar-refractivity contribution in [3.63, 3.8) is 0 Å². The molecule has 0 aliphatic rings. The monoisotopic (exact) mass is 1100 g/mol. The second kappa shape index (κ2) is 18.8. The van der Waals surface area contributed by atoms with Crippen LogP contribution in [0.4, 0.5) is 0 Å². The SMILES string of the molecule is [2H]C([2H])([2H])c1cc(-c2c(-c3ccccc3)cccc2C(C)(C)C)ccc1-n1c(-c2cc(C(C)(C)C)cc(C(C)(C)C)c2O)nc2c(-c3[c-]c(-c4cc(-c5ccccc5)ccn4)cc(C(C)(C)C)c3)cccc21.[Pt]. The summed E-state index contributed by atoms with van der Waals surface area (Å²) >= 11 is 0. The molecular formula is C65H66N3OPt-. The number of hydrogen-bond donors (Lipinski definition) is 1. The summed E-state index contributed by atoms with van der Waals surface area (Å²) in [5, 5.41) is 12.6. The van der Waals surface area contributed by atoms with Crippen molar-refractivity contribution in [2.75, 3.05) is 0 Å². The van der Waals surface area contributed by atoms with Crippen LogP contribution in [-0.4, -0.2) is 19.6 Å². The van der Waals surface area contributed by atoms with Crippen LogP contribution in [0.5, 0.6) is 5.75 Å². The van der Waals surface area contributed by atoms with E-state index < -0.39 is 12.3 Å². The first kappa shape index (κ1) is 46.1. The van der Waals surface area contributed by atoms with Crippen LogP contribution in [-0.2, 0) is 42.7 Å². The number of para-hydroxylation sites is 1. The fourth-order valence-electron chi connectivity index (χ4n) is 9.46. The molecule has 9 aromatic rings. The van der Waals surface area contributed by atoms with Gasteiger partial charge in [0, 0.05) is 42.6 Å². The molecule has 0 saturated carbocycles. The Morgan fingerprint density at radius 2 is 1.13 bits per heavy atom. The largest absolute Gasteiger partial charge is 0.507 e. The number of aryl methyl sites for hydroxylation is 1. The van der Waals surface area contributed by atoms with E-state index in [1.807, 2.05) is 83.6 Å². The van der Waals surface area contributed by atoms with Gasteiger partial charge in [0.1, 0.15) is 11.6 Å². The standard InChI is InChI=1S/C65H66N3O.Pt/c1-41-34-45(58-50(43-24-18-15-19-25-43)26-20-28-53(58)64(8,9)10)30-31-56(41)68-57-29-21-27-51(59(57)67-61(68)52-39-49(63(5,6)7)40-54(60(52)69)65(11,12)13)46-35-47(37-48(36-46)62(2,3)4)55-38-44(32-33-66-55)42-22-16-14-17-23-42;/h14-34,36-40,69H,1-13H3;/q-1;/i1D3;. The maximum Gasteiger partial charge on any atom is 0.148 e. The van der Waals surface area contributed by atoms with E-state index in [1.165, 1.54) is 0 Å². The molecule has 0 aliphatic heterocycles. The quantitative estimate of drug-likeness (QED) is 0.162. The van der Waals surface area contributed by atoms with Crippen LogP contribution in [0.15, 0.2) is 158 Å². The molecule has 7 aromatic carbocycles. The molecule has 0 amide bonds. The molecule has 2 heterocycles. The first-order valence-electron chi connectivity index (χ1n) is 25.6. The number of imidazole rings is 1. The van der Waals surface area contributed by atoms with Crippen molar-refractivity contribution in [2.45, 2.75) is 112 Å². The number of benzene rings is 7. The third kappa shape index (κ3) is 9.73. The molecule has 0 atom stereocenters. The van der Waals surface area contributed by atoms with Crippen LogP contribution < -0.4 is 0 Å². The molecule has 9 rings (SSSR count). The number of pyridine rings is 1. The smallest absolute Gasteiger partial charge is 0.148 e. The van der Waals surface area contributed by atoms with Crippen molar-refractivity contribution < 1.29 is 30.3 Å². The van der Waals surface area contributed by atoms with Crippen molar-refractivity contribution in [1.29, 1.82) is 0 Å². The fourth-order valence-corrected chi connectivity index (χ4v) is 9.46. The van der Waals surface area contributed by atoms with Gasteiger partial charge in [-0.3, -0.25) is 9.55 Å². The summed E-state index contributed by atoms with van der Waals surface area (Å²) in [6.45, 7) is 23.5. The normalized spacial score (nSPS) is 13.1. The van der Waals surface area contributed by atoms with Gasteiger partial charge in [0.25, 0.3) is 0 Å². The molecule has 0 unspecified atom stereocenters. The zero-order valence-corrected chi connectivity index (χ0v) is 44.9. The Balaban J connectivity index is 0.00000711. The summed E-state index contributed by atoms with van der Waals surface area (Å²) < 4.78 is 29.9. The van der Waals surface area contributed by atoms with E-state index in [4.69, 9.17) is 9.97 Å². The van der Waals surface area contributed by atoms with Gasteiger partial charge in [-0.25, -0.2) is 4.98 Å². The number of nitrogens with zero attached hydrogens (tertiary/aromatic N) is 3. The van der Waals surface area contributed by atoms with E-state index in [9.17, 15) is 9.22 Å². The van der Waals surface area contributed by atoms with Gasteiger partial charge < -0.3 is 5.11 Å². The molecule has 0 aliphatic carbocycles. The van der Waals surface area contributed by atoms with Crippen LogP contribution >= 0.6 is 0 Å². The van der Waals surface area contributed by atoms with Crippen LogP contribution in [0.2, 0.25) is 0 Å². The molecule has 0 spiro atoms. The average Bonchev–Trinajstić information content (AvgIpc) is 3.72. The number of rotatable bonds is 7. The molecule has 5 heteroatoms. The summed E-state index contributed by atoms with van der Waals surface area (Å²) in [5.41, 5.74) is 14.6. The molecule has 0 radical (unpaired) electrons. The molecule has 4 nitrogen and oxygen atoms in total. The number of aromatic nitrogens is 3. The zero-order chi connectivity index (χ0) is 51.7. The average molecular weight is 1100 g/mol. The van der Waals surface area contributed by atoms with Gasteiger partial charge >= 0.3 is 0 Å². The molecule has 2 aromatic heterocycles. The molecule has 0 fully saturated rings. The first-order chi connectivity index (χ1) is 33.8. The van der Waals surface area contributed by atoms with Crippen molar-refractivity contribution >= 4 is 11.0 Å². The second-order valence-electron chi connectivity index (χ2n) is 22.7. The van der Waals surface area contributed by atoms with Crippen molar-refractivity contribution in [3.05, 3.63) is 192 Å². The van der Waals surface area contributed by atoms with E-state index in [1.54, 1.807) is 0 Å². The maximum absolute atomic E-state index is 12.6. The minimum absolute atomic E-state index is 0. The van der Waals surface area contributed by atoms with Gasteiger partial charge in [0.05, 0.1) is 22.3 Å². The second-order valence-corrected chi connectivity index (χ2v) is 22.7. The summed E-state index contributed by atoms with van der Waals surface area (Å²) in [7, 11) is 0. The third-order valence-electron chi connectivity index (χ3n) is 13.4. The maximum atomic E-state index is 12.6. The molecule has 358 valence electrons. The summed E-state index contributed by atoms with van der Waals surface area (Å²) in [5.74, 6) is 0.550. The van der Waals surface area contributed by atoms with Crippen molar-refractivity contribution in [3.8, 4) is 78.6 Å². The van der Waals surface area contributed by atoms with Gasteiger partial charge in [0.2, 0.25) is 0 Å². The predicted molar refractivity (Wildman–Crippen MR) is 292 cm³/mol. The van der Waals surface area contributed by atoms with E-state index in [0.717, 1.165) is 78.0 Å². The predicted octanol–water partition coefficient (Wildman–Crippen LogP) is 17.4. The summed E-state index contributed by atoms with van der Waals surface area (Å²) in [6, 6.07) is 55.3. The fraction of sp³-hybridized carbons (Fsp3) is 0.262. The number of phenolic OH excluding ortho intramolecular Hbond substituents is 1. The third-order valence-corrected chi connectivity index (χ3v) is 13.4. The van der Waals surface area contributed by atoms with Gasteiger partial charge in [0.15, 0.2) is 0 Å². The molecular weight excluding hydrogens is 1030 g/mol. The number of fused-ring (bicyclic) bond motifs is 1. The van der Waals surface area contributed by atoms with Crippen LogP contribution in [0, 0.1) is 12.9 Å². The Bertz CT molecular complexity index is 3490. The van der Waals surface area contributed by atoms with Crippen LogP contribution in [0.25, 0.3) is 83.9 Å².